The average molecular weight is 185 g/mol. The SMILES string of the molecule is C=C(C)CCOC(CC)CNCC. The molecule has 0 aliphatic heterocycles. The fourth-order valence-corrected chi connectivity index (χ4v) is 1.03. The molecule has 0 spiro atoms. The van der Waals surface area contributed by atoms with Gasteiger partial charge >= 0.3 is 0 Å². The Bertz CT molecular complexity index is 134. The molecule has 0 fully saturated rings. The van der Waals surface area contributed by atoms with Crippen LogP contribution in [0.1, 0.15) is 33.6 Å². The van der Waals surface area contributed by atoms with Crippen LogP contribution in [-0.2, 0) is 4.74 Å². The van der Waals surface area contributed by atoms with E-state index in [1.807, 2.05) is 6.92 Å². The van der Waals surface area contributed by atoms with Crippen LogP contribution in [-0.4, -0.2) is 25.8 Å². The van der Waals surface area contributed by atoms with Crippen molar-refractivity contribution in [3.63, 3.8) is 0 Å². The van der Waals surface area contributed by atoms with E-state index in [0.29, 0.717) is 6.10 Å². The van der Waals surface area contributed by atoms with Crippen molar-refractivity contribution in [2.45, 2.75) is 39.7 Å². The lowest BCUT2D eigenvalue weighted by atomic mass is 10.2. The second-order valence-corrected chi connectivity index (χ2v) is 3.42. The third kappa shape index (κ3) is 8.00. The highest BCUT2D eigenvalue weighted by molar-refractivity contribution is 4.87. The Kier molecular flexibility index (Phi) is 8.05. The lowest BCUT2D eigenvalue weighted by Gasteiger charge is -2.16. The Labute approximate surface area is 82.4 Å². The highest BCUT2D eigenvalue weighted by Crippen LogP contribution is 2.01. The predicted octanol–water partition coefficient (Wildman–Crippen LogP) is 2.36. The Morgan fingerprint density at radius 2 is 2.15 bits per heavy atom. The van der Waals surface area contributed by atoms with Crippen LogP contribution in [0, 0.1) is 0 Å². The molecule has 1 atom stereocenters. The summed E-state index contributed by atoms with van der Waals surface area (Å²) in [6, 6.07) is 0. The second-order valence-electron chi connectivity index (χ2n) is 3.42. The van der Waals surface area contributed by atoms with E-state index in [2.05, 4.69) is 25.7 Å². The monoisotopic (exact) mass is 185 g/mol. The summed E-state index contributed by atoms with van der Waals surface area (Å²) in [4.78, 5) is 0. The Balaban J connectivity index is 3.41. The van der Waals surface area contributed by atoms with E-state index in [-0.39, 0.29) is 0 Å². The van der Waals surface area contributed by atoms with E-state index in [9.17, 15) is 0 Å². The fraction of sp³-hybridized carbons (Fsp3) is 0.818. The Morgan fingerprint density at radius 3 is 2.62 bits per heavy atom. The Hall–Kier alpha value is -0.340. The largest absolute Gasteiger partial charge is 0.377 e. The molecule has 0 aliphatic rings. The predicted molar refractivity (Wildman–Crippen MR) is 58.0 cm³/mol. The maximum Gasteiger partial charge on any atom is 0.0696 e. The molecule has 0 aromatic rings. The van der Waals surface area contributed by atoms with Gasteiger partial charge in [0, 0.05) is 6.54 Å². The van der Waals surface area contributed by atoms with Gasteiger partial charge < -0.3 is 10.1 Å². The van der Waals surface area contributed by atoms with Crippen LogP contribution in [0.5, 0.6) is 0 Å². The number of ether oxygens (including phenoxy) is 1. The summed E-state index contributed by atoms with van der Waals surface area (Å²) in [7, 11) is 0. The third-order valence-corrected chi connectivity index (χ3v) is 1.96. The normalized spacial score (nSPS) is 12.8. The first-order valence-electron chi connectivity index (χ1n) is 5.17. The molecule has 0 aromatic heterocycles. The van der Waals surface area contributed by atoms with Crippen molar-refractivity contribution in [1.29, 1.82) is 0 Å². The van der Waals surface area contributed by atoms with Crippen LogP contribution in [0.2, 0.25) is 0 Å². The molecule has 0 heterocycles. The summed E-state index contributed by atoms with van der Waals surface area (Å²) < 4.78 is 5.68. The second kappa shape index (κ2) is 8.27. The molecule has 2 nitrogen and oxygen atoms in total. The quantitative estimate of drug-likeness (QED) is 0.586. The summed E-state index contributed by atoms with van der Waals surface area (Å²) in [6.07, 6.45) is 2.41. The summed E-state index contributed by atoms with van der Waals surface area (Å²) >= 11 is 0. The standard InChI is InChI=1S/C11H23NO/c1-5-11(9-12-6-2)13-8-7-10(3)4/h11-12H,3,5-9H2,1-2,4H3. The molecule has 0 rings (SSSR count). The van der Waals surface area contributed by atoms with E-state index < -0.39 is 0 Å². The maximum atomic E-state index is 5.68. The first kappa shape index (κ1) is 12.7. The van der Waals surface area contributed by atoms with Crippen molar-refractivity contribution < 1.29 is 4.74 Å². The molecule has 13 heavy (non-hydrogen) atoms. The van der Waals surface area contributed by atoms with E-state index >= 15 is 0 Å². The number of hydrogen-bond donors (Lipinski definition) is 1. The van der Waals surface area contributed by atoms with Gasteiger partial charge in [-0.05, 0) is 26.3 Å². The lowest BCUT2D eigenvalue weighted by molar-refractivity contribution is 0.0533. The van der Waals surface area contributed by atoms with E-state index in [1.165, 1.54) is 5.57 Å². The minimum Gasteiger partial charge on any atom is -0.377 e. The van der Waals surface area contributed by atoms with Crippen molar-refractivity contribution in [3.05, 3.63) is 12.2 Å². The van der Waals surface area contributed by atoms with Crippen LogP contribution in [0.25, 0.3) is 0 Å². The van der Waals surface area contributed by atoms with Crippen LogP contribution in [0.3, 0.4) is 0 Å². The molecule has 0 aliphatic carbocycles. The molecule has 1 N–H and O–H groups in total. The summed E-state index contributed by atoms with van der Waals surface area (Å²) in [5.74, 6) is 0. The van der Waals surface area contributed by atoms with Crippen molar-refractivity contribution in [1.82, 2.24) is 5.32 Å². The van der Waals surface area contributed by atoms with Gasteiger partial charge in [0.15, 0.2) is 0 Å². The molecule has 0 amide bonds. The first-order valence-corrected chi connectivity index (χ1v) is 5.17. The number of hydrogen-bond acceptors (Lipinski definition) is 2. The van der Waals surface area contributed by atoms with Gasteiger partial charge in [0.25, 0.3) is 0 Å². The molecule has 78 valence electrons. The van der Waals surface area contributed by atoms with Crippen LogP contribution < -0.4 is 5.32 Å². The molecule has 1 unspecified atom stereocenters. The number of likely N-dealkylation sites (N-methyl/N-ethyl adjacent to an activating group) is 1. The van der Waals surface area contributed by atoms with Crippen molar-refractivity contribution in [2.75, 3.05) is 19.7 Å². The van der Waals surface area contributed by atoms with Gasteiger partial charge in [0.1, 0.15) is 0 Å². The van der Waals surface area contributed by atoms with Crippen LogP contribution >= 0.6 is 0 Å². The van der Waals surface area contributed by atoms with E-state index in [0.717, 1.165) is 32.5 Å². The highest BCUT2D eigenvalue weighted by atomic mass is 16.5. The topological polar surface area (TPSA) is 21.3 Å². The molecular formula is C11H23NO. The number of rotatable bonds is 8. The van der Waals surface area contributed by atoms with Crippen molar-refractivity contribution in [2.24, 2.45) is 0 Å². The van der Waals surface area contributed by atoms with Gasteiger partial charge in [0.05, 0.1) is 12.7 Å². The average Bonchev–Trinajstić information content (AvgIpc) is 2.10. The maximum absolute atomic E-state index is 5.68. The molecule has 0 aromatic carbocycles. The molecule has 0 saturated heterocycles. The zero-order valence-corrected chi connectivity index (χ0v) is 9.23. The van der Waals surface area contributed by atoms with Crippen LogP contribution in [0.4, 0.5) is 0 Å². The third-order valence-electron chi connectivity index (χ3n) is 1.96. The van der Waals surface area contributed by atoms with Gasteiger partial charge in [-0.2, -0.15) is 0 Å². The minimum absolute atomic E-state index is 0.360. The minimum atomic E-state index is 0.360. The highest BCUT2D eigenvalue weighted by Gasteiger charge is 2.04. The zero-order valence-electron chi connectivity index (χ0n) is 9.23. The van der Waals surface area contributed by atoms with Gasteiger partial charge in [-0.15, -0.1) is 6.58 Å². The van der Waals surface area contributed by atoms with E-state index in [4.69, 9.17) is 4.74 Å². The Morgan fingerprint density at radius 1 is 1.46 bits per heavy atom. The molecule has 0 bridgehead atoms. The summed E-state index contributed by atoms with van der Waals surface area (Å²) in [5, 5.41) is 3.29. The van der Waals surface area contributed by atoms with Gasteiger partial charge in [-0.1, -0.05) is 19.4 Å². The number of nitrogens with one attached hydrogen (secondary N) is 1. The summed E-state index contributed by atoms with van der Waals surface area (Å²) in [6.45, 7) is 12.9. The van der Waals surface area contributed by atoms with Gasteiger partial charge in [-0.3, -0.25) is 0 Å². The molecule has 2 heteroatoms. The molecule has 0 saturated carbocycles. The van der Waals surface area contributed by atoms with Crippen LogP contribution in [0.15, 0.2) is 12.2 Å². The van der Waals surface area contributed by atoms with Crippen molar-refractivity contribution in [3.8, 4) is 0 Å². The first-order chi connectivity index (χ1) is 6.20. The molecular weight excluding hydrogens is 162 g/mol. The fourth-order valence-electron chi connectivity index (χ4n) is 1.03. The zero-order chi connectivity index (χ0) is 10.1. The van der Waals surface area contributed by atoms with Crippen molar-refractivity contribution >= 4 is 0 Å². The summed E-state index contributed by atoms with van der Waals surface area (Å²) in [5.41, 5.74) is 1.19. The molecule has 0 radical (unpaired) electrons. The van der Waals surface area contributed by atoms with Gasteiger partial charge in [0.2, 0.25) is 0 Å². The van der Waals surface area contributed by atoms with Gasteiger partial charge in [-0.25, -0.2) is 0 Å². The smallest absolute Gasteiger partial charge is 0.0696 e. The lowest BCUT2D eigenvalue weighted by Crippen LogP contribution is -2.28. The van der Waals surface area contributed by atoms with E-state index in [1.54, 1.807) is 0 Å².